The third-order valence-electron chi connectivity index (χ3n) is 2.42. The highest BCUT2D eigenvalue weighted by molar-refractivity contribution is 7.87. The van der Waals surface area contributed by atoms with E-state index < -0.39 is 26.6 Å². The van der Waals surface area contributed by atoms with Crippen molar-refractivity contribution in [2.24, 2.45) is 0 Å². The first-order valence-electron chi connectivity index (χ1n) is 5.46. The molecule has 0 unspecified atom stereocenters. The van der Waals surface area contributed by atoms with E-state index in [2.05, 4.69) is 0 Å². The van der Waals surface area contributed by atoms with Gasteiger partial charge in [0.2, 0.25) is 0 Å². The zero-order valence-electron chi connectivity index (χ0n) is 10.3. The van der Waals surface area contributed by atoms with Gasteiger partial charge in [0.05, 0.1) is 7.11 Å². The van der Waals surface area contributed by atoms with Gasteiger partial charge in [0, 0.05) is 6.07 Å². The number of hydrogen-bond donors (Lipinski definition) is 0. The molecule has 0 bridgehead atoms. The minimum absolute atomic E-state index is 0.105. The Morgan fingerprint density at radius 2 is 1.50 bits per heavy atom. The Labute approximate surface area is 114 Å². The molecule has 0 aliphatic rings. The molecule has 0 spiro atoms. The highest BCUT2D eigenvalue weighted by Gasteiger charge is 2.26. The molecular weight excluding hydrogens is 290 g/mol. The van der Waals surface area contributed by atoms with E-state index >= 15 is 0 Å². The summed E-state index contributed by atoms with van der Waals surface area (Å²) in [6.07, 6.45) is 0. The van der Waals surface area contributed by atoms with Crippen LogP contribution in [-0.2, 0) is 10.1 Å². The average molecular weight is 300 g/mol. The van der Waals surface area contributed by atoms with Crippen molar-refractivity contribution in [3.8, 4) is 11.5 Å². The molecule has 0 radical (unpaired) electrons. The summed E-state index contributed by atoms with van der Waals surface area (Å²) < 4.78 is 60.3. The van der Waals surface area contributed by atoms with Crippen molar-refractivity contribution in [3.63, 3.8) is 0 Å². The van der Waals surface area contributed by atoms with E-state index in [1.165, 1.54) is 25.3 Å². The second-order valence-corrected chi connectivity index (χ2v) is 5.25. The number of halogens is 2. The smallest absolute Gasteiger partial charge is 0.345 e. The van der Waals surface area contributed by atoms with Crippen LogP contribution in [0.2, 0.25) is 0 Å². The monoisotopic (exact) mass is 300 g/mol. The van der Waals surface area contributed by atoms with Crippen LogP contribution in [0.5, 0.6) is 11.5 Å². The summed E-state index contributed by atoms with van der Waals surface area (Å²) in [6.45, 7) is 0. The van der Waals surface area contributed by atoms with Gasteiger partial charge in [-0.3, -0.25) is 0 Å². The molecule has 2 rings (SSSR count). The largest absolute Gasteiger partial charge is 0.497 e. The fourth-order valence-electron chi connectivity index (χ4n) is 1.54. The summed E-state index contributed by atoms with van der Waals surface area (Å²) in [6, 6.07) is 8.42. The molecule has 106 valence electrons. The maximum atomic E-state index is 13.5. The average Bonchev–Trinajstić information content (AvgIpc) is 2.37. The predicted octanol–water partition coefficient (Wildman–Crippen LogP) is 2.74. The molecule has 2 aromatic carbocycles. The maximum absolute atomic E-state index is 13.5. The minimum atomic E-state index is -4.61. The van der Waals surface area contributed by atoms with Gasteiger partial charge in [0.15, 0.2) is 4.90 Å². The van der Waals surface area contributed by atoms with Gasteiger partial charge in [0.25, 0.3) is 0 Å². The topological polar surface area (TPSA) is 52.6 Å². The molecule has 20 heavy (non-hydrogen) atoms. The standard InChI is InChI=1S/C13H10F2O4S/c1-18-9-4-2-5-10(8-9)19-20(16,17)13-11(14)6-3-7-12(13)15/h2-8H,1H3. The van der Waals surface area contributed by atoms with Crippen LogP contribution >= 0.6 is 0 Å². The summed E-state index contributed by atoms with van der Waals surface area (Å²) in [5, 5.41) is 0. The van der Waals surface area contributed by atoms with Crippen LogP contribution in [-0.4, -0.2) is 15.5 Å². The van der Waals surface area contributed by atoms with Crippen LogP contribution in [0.3, 0.4) is 0 Å². The predicted molar refractivity (Wildman–Crippen MR) is 67.2 cm³/mol. The van der Waals surface area contributed by atoms with Crippen LogP contribution in [0.4, 0.5) is 8.78 Å². The molecule has 0 aromatic heterocycles. The van der Waals surface area contributed by atoms with Gasteiger partial charge in [0.1, 0.15) is 23.1 Å². The van der Waals surface area contributed by atoms with Crippen LogP contribution < -0.4 is 8.92 Å². The van der Waals surface area contributed by atoms with Crippen molar-refractivity contribution >= 4 is 10.1 Å². The lowest BCUT2D eigenvalue weighted by Crippen LogP contribution is -2.13. The molecule has 0 amide bonds. The summed E-state index contributed by atoms with van der Waals surface area (Å²) >= 11 is 0. The van der Waals surface area contributed by atoms with Gasteiger partial charge in [-0.25, -0.2) is 8.78 Å². The highest BCUT2D eigenvalue weighted by Crippen LogP contribution is 2.25. The maximum Gasteiger partial charge on any atom is 0.345 e. The zero-order chi connectivity index (χ0) is 14.8. The molecule has 7 heteroatoms. The lowest BCUT2D eigenvalue weighted by atomic mass is 10.3. The van der Waals surface area contributed by atoms with E-state index in [1.54, 1.807) is 6.07 Å². The minimum Gasteiger partial charge on any atom is -0.497 e. The lowest BCUT2D eigenvalue weighted by Gasteiger charge is -2.09. The molecule has 0 saturated heterocycles. The van der Waals surface area contributed by atoms with Gasteiger partial charge in [-0.2, -0.15) is 8.42 Å². The van der Waals surface area contributed by atoms with Crippen LogP contribution in [0.1, 0.15) is 0 Å². The van der Waals surface area contributed by atoms with Gasteiger partial charge >= 0.3 is 10.1 Å². The van der Waals surface area contributed by atoms with Crippen molar-refractivity contribution in [1.82, 2.24) is 0 Å². The molecular formula is C13H10F2O4S. The summed E-state index contributed by atoms with van der Waals surface area (Å²) in [7, 11) is -3.21. The van der Waals surface area contributed by atoms with Crippen LogP contribution in [0, 0.1) is 11.6 Å². The van der Waals surface area contributed by atoms with Crippen molar-refractivity contribution < 1.29 is 26.1 Å². The Bertz CT molecular complexity index is 709. The molecule has 0 saturated carbocycles. The molecule has 0 aliphatic carbocycles. The highest BCUT2D eigenvalue weighted by atomic mass is 32.2. The Morgan fingerprint density at radius 1 is 0.950 bits per heavy atom. The molecule has 0 N–H and O–H groups in total. The molecule has 0 fully saturated rings. The van der Waals surface area contributed by atoms with E-state index in [0.29, 0.717) is 5.75 Å². The van der Waals surface area contributed by atoms with Crippen LogP contribution in [0.25, 0.3) is 0 Å². The van der Waals surface area contributed by atoms with Crippen molar-refractivity contribution in [2.45, 2.75) is 4.90 Å². The second kappa shape index (κ2) is 5.46. The zero-order valence-corrected chi connectivity index (χ0v) is 11.2. The van der Waals surface area contributed by atoms with Crippen molar-refractivity contribution in [2.75, 3.05) is 7.11 Å². The Morgan fingerprint density at radius 3 is 2.10 bits per heavy atom. The van der Waals surface area contributed by atoms with Gasteiger partial charge < -0.3 is 8.92 Å². The van der Waals surface area contributed by atoms with E-state index in [9.17, 15) is 17.2 Å². The third kappa shape index (κ3) is 2.88. The Kier molecular flexibility index (Phi) is 3.89. The summed E-state index contributed by atoms with van der Waals surface area (Å²) in [5.41, 5.74) is 0. The second-order valence-electron chi connectivity index (χ2n) is 3.77. The van der Waals surface area contributed by atoms with Gasteiger partial charge in [-0.1, -0.05) is 12.1 Å². The Balaban J connectivity index is 2.41. The molecule has 4 nitrogen and oxygen atoms in total. The third-order valence-corrected chi connectivity index (χ3v) is 3.72. The summed E-state index contributed by atoms with van der Waals surface area (Å²) in [4.78, 5) is -1.12. The van der Waals surface area contributed by atoms with Gasteiger partial charge in [-0.15, -0.1) is 0 Å². The fourth-order valence-corrected chi connectivity index (χ4v) is 2.60. The number of ether oxygens (including phenoxy) is 1. The first-order chi connectivity index (χ1) is 9.44. The molecule has 0 heterocycles. The van der Waals surface area contributed by atoms with E-state index in [0.717, 1.165) is 18.2 Å². The number of benzene rings is 2. The number of rotatable bonds is 4. The first kappa shape index (κ1) is 14.3. The normalized spacial score (nSPS) is 11.2. The number of methoxy groups -OCH3 is 1. The Hall–Kier alpha value is -2.15. The van der Waals surface area contributed by atoms with Crippen LogP contribution in [0.15, 0.2) is 47.4 Å². The quantitative estimate of drug-likeness (QED) is 0.815. The van der Waals surface area contributed by atoms with E-state index in [-0.39, 0.29) is 5.75 Å². The summed E-state index contributed by atoms with van der Waals surface area (Å²) in [5.74, 6) is -2.18. The molecule has 0 atom stereocenters. The molecule has 2 aromatic rings. The first-order valence-corrected chi connectivity index (χ1v) is 6.87. The SMILES string of the molecule is COc1cccc(OS(=O)(=O)c2c(F)cccc2F)c1. The molecule has 0 aliphatic heterocycles. The van der Waals surface area contributed by atoms with E-state index in [1.807, 2.05) is 0 Å². The van der Waals surface area contributed by atoms with Gasteiger partial charge in [-0.05, 0) is 24.3 Å². The van der Waals surface area contributed by atoms with Crippen molar-refractivity contribution in [3.05, 3.63) is 54.1 Å². The van der Waals surface area contributed by atoms with Crippen molar-refractivity contribution in [1.29, 1.82) is 0 Å². The lowest BCUT2D eigenvalue weighted by molar-refractivity contribution is 0.411. The number of hydrogen-bond acceptors (Lipinski definition) is 4. The van der Waals surface area contributed by atoms with E-state index in [4.69, 9.17) is 8.92 Å². The fraction of sp³-hybridized carbons (Fsp3) is 0.0769.